The van der Waals surface area contributed by atoms with Crippen molar-refractivity contribution in [1.29, 1.82) is 0 Å². The number of benzene rings is 9. The van der Waals surface area contributed by atoms with Crippen LogP contribution in [0.4, 0.5) is 17.1 Å². The average Bonchev–Trinajstić information content (AvgIpc) is 3.46. The molecule has 0 spiro atoms. The van der Waals surface area contributed by atoms with E-state index in [0.29, 0.717) is 0 Å². The molecule has 0 N–H and O–H groups in total. The fraction of sp³-hybridized carbons (Fsp3) is 0.0566. The van der Waals surface area contributed by atoms with E-state index in [0.717, 1.165) is 17.1 Å². The summed E-state index contributed by atoms with van der Waals surface area (Å²) in [6, 6.07) is 73.5. The number of hydrogen-bond donors (Lipinski definition) is 0. The minimum atomic E-state index is -0.0418. The van der Waals surface area contributed by atoms with Crippen molar-refractivity contribution in [3.63, 3.8) is 0 Å². The largest absolute Gasteiger partial charge is 0.310 e. The fourth-order valence-corrected chi connectivity index (χ4v) is 8.52. The summed E-state index contributed by atoms with van der Waals surface area (Å²) < 4.78 is 0. The molecule has 9 aromatic carbocycles. The highest BCUT2D eigenvalue weighted by molar-refractivity contribution is 5.91. The van der Waals surface area contributed by atoms with Gasteiger partial charge in [-0.1, -0.05) is 159 Å². The highest BCUT2D eigenvalue weighted by Crippen LogP contribution is 2.50. The molecule has 9 aromatic rings. The third kappa shape index (κ3) is 5.49. The lowest BCUT2D eigenvalue weighted by Gasteiger charge is -2.27. The van der Waals surface area contributed by atoms with Crippen molar-refractivity contribution < 1.29 is 0 Å². The van der Waals surface area contributed by atoms with Crippen molar-refractivity contribution in [3.05, 3.63) is 211 Å². The first-order valence-electron chi connectivity index (χ1n) is 18.8. The zero-order chi connectivity index (χ0) is 36.2. The summed E-state index contributed by atoms with van der Waals surface area (Å²) in [6.07, 6.45) is 0. The van der Waals surface area contributed by atoms with E-state index in [1.54, 1.807) is 0 Å². The Morgan fingerprint density at radius 3 is 1.35 bits per heavy atom. The Labute approximate surface area is 317 Å². The maximum Gasteiger partial charge on any atom is 0.0468 e. The first kappa shape index (κ1) is 32.0. The van der Waals surface area contributed by atoms with Gasteiger partial charge in [0.2, 0.25) is 0 Å². The van der Waals surface area contributed by atoms with Crippen LogP contribution in [0.2, 0.25) is 0 Å². The van der Waals surface area contributed by atoms with Crippen LogP contribution in [0.1, 0.15) is 25.0 Å². The van der Waals surface area contributed by atoms with Crippen LogP contribution in [0, 0.1) is 0 Å². The Morgan fingerprint density at radius 1 is 0.296 bits per heavy atom. The first-order valence-corrected chi connectivity index (χ1v) is 18.8. The summed E-state index contributed by atoms with van der Waals surface area (Å²) in [5.41, 5.74) is 16.0. The Hall–Kier alpha value is -6.70. The summed E-state index contributed by atoms with van der Waals surface area (Å²) in [5.74, 6) is 0. The molecule has 1 aliphatic rings. The second kappa shape index (κ2) is 12.8. The summed E-state index contributed by atoms with van der Waals surface area (Å²) in [4.78, 5) is 2.40. The smallest absolute Gasteiger partial charge is 0.0468 e. The molecule has 0 bridgehead atoms. The predicted octanol–water partition coefficient (Wildman–Crippen LogP) is 14.8. The Morgan fingerprint density at radius 2 is 0.741 bits per heavy atom. The van der Waals surface area contributed by atoms with Gasteiger partial charge in [-0.15, -0.1) is 0 Å². The van der Waals surface area contributed by atoms with E-state index in [1.807, 2.05) is 0 Å². The lowest BCUT2D eigenvalue weighted by molar-refractivity contribution is 0.660. The van der Waals surface area contributed by atoms with E-state index >= 15 is 0 Å². The molecule has 0 radical (unpaired) electrons. The van der Waals surface area contributed by atoms with Gasteiger partial charge in [-0.2, -0.15) is 0 Å². The normalized spacial score (nSPS) is 12.8. The molecule has 256 valence electrons. The van der Waals surface area contributed by atoms with Crippen LogP contribution in [0.15, 0.2) is 200 Å². The SMILES string of the molecule is CC1(C)c2ccccc2-c2cc(N(c3ccc(-c4cccc(-c5ccc6ccccc6c5)c4)cc3)c3ccc(-c4ccc5ccccc5c4)cc3)ccc21. The third-order valence-electron chi connectivity index (χ3n) is 11.4. The van der Waals surface area contributed by atoms with Crippen LogP contribution in [-0.2, 0) is 5.41 Å². The van der Waals surface area contributed by atoms with E-state index in [4.69, 9.17) is 0 Å². The van der Waals surface area contributed by atoms with Gasteiger partial charge in [-0.25, -0.2) is 0 Å². The fourth-order valence-electron chi connectivity index (χ4n) is 8.52. The van der Waals surface area contributed by atoms with Crippen molar-refractivity contribution in [2.45, 2.75) is 19.3 Å². The van der Waals surface area contributed by atoms with Gasteiger partial charge in [0, 0.05) is 22.5 Å². The standard InChI is InChI=1S/C53H39N/c1-53(2)51-17-8-7-16-49(51)50-35-48(30-31-52(50)53)54(47-28-24-39(25-29-47)44-20-18-36-10-3-5-12-40(36)33-44)46-26-22-38(23-27-46)42-14-9-15-43(32-42)45-21-19-37-11-4-6-13-41(37)34-45/h3-35H,1-2H3. The average molecular weight is 690 g/mol. The second-order valence-corrected chi connectivity index (χ2v) is 15.0. The minimum Gasteiger partial charge on any atom is -0.310 e. The Kier molecular flexibility index (Phi) is 7.56. The molecule has 0 aromatic heterocycles. The van der Waals surface area contributed by atoms with Gasteiger partial charge in [0.15, 0.2) is 0 Å². The van der Waals surface area contributed by atoms with Crippen molar-refractivity contribution in [2.24, 2.45) is 0 Å². The molecular weight excluding hydrogens is 651 g/mol. The van der Waals surface area contributed by atoms with Crippen molar-refractivity contribution in [1.82, 2.24) is 0 Å². The zero-order valence-electron chi connectivity index (χ0n) is 30.5. The second-order valence-electron chi connectivity index (χ2n) is 15.0. The predicted molar refractivity (Wildman–Crippen MR) is 230 cm³/mol. The van der Waals surface area contributed by atoms with Crippen molar-refractivity contribution in [2.75, 3.05) is 4.90 Å². The summed E-state index contributed by atoms with van der Waals surface area (Å²) in [6.45, 7) is 4.68. The van der Waals surface area contributed by atoms with E-state index in [2.05, 4.69) is 219 Å². The van der Waals surface area contributed by atoms with Crippen LogP contribution >= 0.6 is 0 Å². The van der Waals surface area contributed by atoms with Gasteiger partial charge in [0.05, 0.1) is 0 Å². The Bertz CT molecular complexity index is 2840. The third-order valence-corrected chi connectivity index (χ3v) is 11.4. The van der Waals surface area contributed by atoms with Gasteiger partial charge in [0.25, 0.3) is 0 Å². The molecule has 0 saturated carbocycles. The summed E-state index contributed by atoms with van der Waals surface area (Å²) in [7, 11) is 0. The topological polar surface area (TPSA) is 3.24 Å². The summed E-state index contributed by atoms with van der Waals surface area (Å²) in [5, 5.41) is 5.03. The molecule has 0 saturated heterocycles. The van der Waals surface area contributed by atoms with Crippen molar-refractivity contribution >= 4 is 38.6 Å². The van der Waals surface area contributed by atoms with Gasteiger partial charge in [0.1, 0.15) is 0 Å². The molecular formula is C53H39N. The van der Waals surface area contributed by atoms with Gasteiger partial charge in [-0.05, 0) is 132 Å². The molecule has 0 unspecified atom stereocenters. The van der Waals surface area contributed by atoms with Crippen molar-refractivity contribution in [3.8, 4) is 44.5 Å². The number of rotatable bonds is 6. The maximum absolute atomic E-state index is 2.40. The number of nitrogens with zero attached hydrogens (tertiary/aromatic N) is 1. The number of fused-ring (bicyclic) bond motifs is 5. The lowest BCUT2D eigenvalue weighted by atomic mass is 9.82. The van der Waals surface area contributed by atoms with Crippen LogP contribution in [0.3, 0.4) is 0 Å². The van der Waals surface area contributed by atoms with Gasteiger partial charge < -0.3 is 4.90 Å². The van der Waals surface area contributed by atoms with E-state index < -0.39 is 0 Å². The molecule has 1 aliphatic carbocycles. The number of anilines is 3. The van der Waals surface area contributed by atoms with Crippen LogP contribution in [0.25, 0.3) is 66.1 Å². The zero-order valence-corrected chi connectivity index (χ0v) is 30.5. The molecule has 1 nitrogen and oxygen atoms in total. The van der Waals surface area contributed by atoms with E-state index in [-0.39, 0.29) is 5.41 Å². The maximum atomic E-state index is 2.40. The van der Waals surface area contributed by atoms with Crippen LogP contribution in [0.5, 0.6) is 0 Å². The van der Waals surface area contributed by atoms with Gasteiger partial charge in [-0.3, -0.25) is 0 Å². The number of hydrogen-bond acceptors (Lipinski definition) is 1. The molecule has 0 amide bonds. The van der Waals surface area contributed by atoms with Crippen LogP contribution < -0.4 is 4.90 Å². The molecule has 0 atom stereocenters. The molecule has 0 heterocycles. The summed E-state index contributed by atoms with van der Waals surface area (Å²) >= 11 is 0. The molecule has 1 heteroatoms. The first-order chi connectivity index (χ1) is 26.5. The quantitative estimate of drug-likeness (QED) is 0.168. The van der Waals surface area contributed by atoms with E-state index in [9.17, 15) is 0 Å². The molecule has 0 aliphatic heterocycles. The lowest BCUT2D eigenvalue weighted by Crippen LogP contribution is -2.15. The highest BCUT2D eigenvalue weighted by Gasteiger charge is 2.35. The van der Waals surface area contributed by atoms with E-state index in [1.165, 1.54) is 77.2 Å². The minimum absolute atomic E-state index is 0.0418. The Balaban J connectivity index is 1.04. The highest BCUT2D eigenvalue weighted by atomic mass is 15.1. The molecule has 54 heavy (non-hydrogen) atoms. The van der Waals surface area contributed by atoms with Crippen LogP contribution in [-0.4, -0.2) is 0 Å². The monoisotopic (exact) mass is 689 g/mol. The molecule has 10 rings (SSSR count). The van der Waals surface area contributed by atoms with Gasteiger partial charge >= 0.3 is 0 Å². The molecule has 0 fully saturated rings.